The predicted octanol–water partition coefficient (Wildman–Crippen LogP) is 6.04. The first-order valence-corrected chi connectivity index (χ1v) is 11.0. The van der Waals surface area contributed by atoms with Crippen LogP contribution in [0.2, 0.25) is 0 Å². The van der Waals surface area contributed by atoms with Crippen molar-refractivity contribution in [1.82, 2.24) is 0 Å². The topological polar surface area (TPSA) is 27.7 Å². The number of ether oxygens (including phenoxy) is 3. The van der Waals surface area contributed by atoms with E-state index in [0.717, 1.165) is 24.7 Å². The fraction of sp³-hybridized carbons (Fsp3) is 0.538. The summed E-state index contributed by atoms with van der Waals surface area (Å²) in [4.78, 5) is 0. The lowest BCUT2D eigenvalue weighted by molar-refractivity contribution is 0.0945. The summed E-state index contributed by atoms with van der Waals surface area (Å²) in [5.41, 5.74) is 3.19. The Morgan fingerprint density at radius 1 is 0.621 bits per heavy atom. The number of hydrogen-bond acceptors (Lipinski definition) is 3. The van der Waals surface area contributed by atoms with E-state index < -0.39 is 0 Å². The third-order valence-electron chi connectivity index (χ3n) is 6.14. The van der Waals surface area contributed by atoms with Crippen LogP contribution >= 0.6 is 0 Å². The molecule has 2 aromatic rings. The summed E-state index contributed by atoms with van der Waals surface area (Å²) in [6, 6.07) is 17.2. The average Bonchev–Trinajstić information content (AvgIpc) is 3.59. The van der Waals surface area contributed by atoms with Crippen LogP contribution in [-0.4, -0.2) is 25.4 Å². The Hall–Kier alpha value is -2.00. The van der Waals surface area contributed by atoms with Crippen LogP contribution in [0.3, 0.4) is 0 Å². The largest absolute Gasteiger partial charge is 0.491 e. The monoisotopic (exact) mass is 394 g/mol. The molecule has 0 bridgehead atoms. The van der Waals surface area contributed by atoms with E-state index in [4.69, 9.17) is 14.2 Å². The zero-order valence-electron chi connectivity index (χ0n) is 18.2. The molecule has 3 heteroatoms. The van der Waals surface area contributed by atoms with E-state index in [1.54, 1.807) is 0 Å². The summed E-state index contributed by atoms with van der Waals surface area (Å²) < 4.78 is 17.9. The second-order valence-corrected chi connectivity index (χ2v) is 9.44. The van der Waals surface area contributed by atoms with Gasteiger partial charge >= 0.3 is 0 Å². The van der Waals surface area contributed by atoms with Crippen molar-refractivity contribution >= 4 is 0 Å². The molecule has 0 radical (unpaired) electrons. The predicted molar refractivity (Wildman–Crippen MR) is 117 cm³/mol. The van der Waals surface area contributed by atoms with Gasteiger partial charge in [-0.1, -0.05) is 24.3 Å². The minimum absolute atomic E-state index is 0.208. The maximum atomic E-state index is 6.32. The molecule has 0 saturated heterocycles. The molecule has 2 aliphatic rings. The van der Waals surface area contributed by atoms with Gasteiger partial charge in [0.2, 0.25) is 0 Å². The van der Waals surface area contributed by atoms with E-state index in [0.29, 0.717) is 0 Å². The van der Waals surface area contributed by atoms with Gasteiger partial charge in [-0.25, -0.2) is 0 Å². The first-order valence-electron chi connectivity index (χ1n) is 11.0. The van der Waals surface area contributed by atoms with E-state index >= 15 is 0 Å². The summed E-state index contributed by atoms with van der Waals surface area (Å²) in [5, 5.41) is 0. The van der Waals surface area contributed by atoms with Crippen molar-refractivity contribution in [3.63, 3.8) is 0 Å². The third kappa shape index (κ3) is 4.78. The van der Waals surface area contributed by atoms with Gasteiger partial charge in [0.1, 0.15) is 11.5 Å². The van der Waals surface area contributed by atoms with E-state index in [9.17, 15) is 0 Å². The van der Waals surface area contributed by atoms with E-state index in [1.165, 1.54) is 36.8 Å². The molecule has 0 atom stereocenters. The molecule has 29 heavy (non-hydrogen) atoms. The van der Waals surface area contributed by atoms with Crippen LogP contribution in [0.4, 0.5) is 0 Å². The van der Waals surface area contributed by atoms with Crippen LogP contribution in [0.15, 0.2) is 48.5 Å². The van der Waals surface area contributed by atoms with Crippen molar-refractivity contribution in [3.05, 3.63) is 59.7 Å². The van der Waals surface area contributed by atoms with Crippen molar-refractivity contribution in [2.75, 3.05) is 13.2 Å². The van der Waals surface area contributed by atoms with Gasteiger partial charge in [-0.3, -0.25) is 0 Å². The average molecular weight is 395 g/mol. The van der Waals surface area contributed by atoms with E-state index in [-0.39, 0.29) is 23.0 Å². The summed E-state index contributed by atoms with van der Waals surface area (Å²) in [6.07, 6.45) is 5.27. The summed E-state index contributed by atoms with van der Waals surface area (Å²) in [5.74, 6) is 1.89. The second kappa shape index (κ2) is 8.02. The Labute approximate surface area is 175 Å². The molecule has 0 unspecified atom stereocenters. The zero-order chi connectivity index (χ0) is 20.5. The van der Waals surface area contributed by atoms with Crippen LogP contribution in [0.25, 0.3) is 0 Å². The molecule has 0 aromatic heterocycles. The molecule has 2 aromatic carbocycles. The highest BCUT2D eigenvalue weighted by atomic mass is 16.5. The highest BCUT2D eigenvalue weighted by Gasteiger charge is 2.48. The van der Waals surface area contributed by atoms with Crippen molar-refractivity contribution in [2.45, 2.75) is 76.4 Å². The van der Waals surface area contributed by atoms with Crippen molar-refractivity contribution in [1.29, 1.82) is 0 Å². The van der Waals surface area contributed by atoms with Gasteiger partial charge in [-0.15, -0.1) is 0 Å². The highest BCUT2D eigenvalue weighted by Crippen LogP contribution is 2.51. The molecule has 0 amide bonds. The molecule has 0 aliphatic heterocycles. The lowest BCUT2D eigenvalue weighted by Gasteiger charge is -2.21. The molecular formula is C26H34O3. The second-order valence-electron chi connectivity index (χ2n) is 9.44. The molecule has 4 rings (SSSR count). The number of rotatable bonds is 10. The minimum Gasteiger partial charge on any atom is -0.491 e. The molecule has 2 saturated carbocycles. The summed E-state index contributed by atoms with van der Waals surface area (Å²) >= 11 is 0. The third-order valence-corrected chi connectivity index (χ3v) is 6.14. The molecular weight excluding hydrogens is 360 g/mol. The Morgan fingerprint density at radius 3 is 1.24 bits per heavy atom. The minimum atomic E-state index is 0.208. The molecule has 0 heterocycles. The maximum absolute atomic E-state index is 6.32. The molecule has 2 aliphatic carbocycles. The Bertz CT molecular complexity index is 727. The first-order chi connectivity index (χ1) is 13.9. The molecule has 2 fully saturated rings. The zero-order valence-corrected chi connectivity index (χ0v) is 18.2. The first kappa shape index (κ1) is 20.3. The van der Waals surface area contributed by atoms with Crippen LogP contribution in [0, 0.1) is 0 Å². The van der Waals surface area contributed by atoms with Gasteiger partial charge in [0.15, 0.2) is 0 Å². The lowest BCUT2D eigenvalue weighted by atomic mass is 9.95. The molecule has 0 N–H and O–H groups in total. The van der Waals surface area contributed by atoms with Crippen molar-refractivity contribution in [2.24, 2.45) is 0 Å². The molecule has 156 valence electrons. The van der Waals surface area contributed by atoms with Gasteiger partial charge in [0.05, 0.1) is 25.4 Å². The van der Waals surface area contributed by atoms with Crippen LogP contribution < -0.4 is 9.47 Å². The Morgan fingerprint density at radius 2 is 0.966 bits per heavy atom. The van der Waals surface area contributed by atoms with Gasteiger partial charge in [-0.05, 0) is 88.8 Å². The Kier molecular flexibility index (Phi) is 5.61. The fourth-order valence-electron chi connectivity index (χ4n) is 4.09. The maximum Gasteiger partial charge on any atom is 0.119 e. The quantitative estimate of drug-likeness (QED) is 0.491. The summed E-state index contributed by atoms with van der Waals surface area (Å²) in [7, 11) is 0. The van der Waals surface area contributed by atoms with Gasteiger partial charge in [0, 0.05) is 10.8 Å². The lowest BCUT2D eigenvalue weighted by Crippen LogP contribution is -2.21. The summed E-state index contributed by atoms with van der Waals surface area (Å²) in [6.45, 7) is 9.86. The smallest absolute Gasteiger partial charge is 0.119 e. The van der Waals surface area contributed by atoms with Crippen molar-refractivity contribution < 1.29 is 14.2 Å². The van der Waals surface area contributed by atoms with Crippen molar-refractivity contribution in [3.8, 4) is 11.5 Å². The fourth-order valence-corrected chi connectivity index (χ4v) is 4.09. The van der Waals surface area contributed by atoms with Gasteiger partial charge in [0.25, 0.3) is 0 Å². The highest BCUT2D eigenvalue weighted by molar-refractivity contribution is 5.37. The Balaban J connectivity index is 1.32. The molecule has 0 spiro atoms. The van der Waals surface area contributed by atoms with Gasteiger partial charge in [-0.2, -0.15) is 0 Å². The van der Waals surface area contributed by atoms with Crippen LogP contribution in [0.5, 0.6) is 11.5 Å². The van der Waals surface area contributed by atoms with E-state index in [2.05, 4.69) is 76.2 Å². The SMILES string of the molecule is CC(C)Oc1ccc(C2(COCC3(c4ccc(OC(C)C)cc4)CC3)CC2)cc1. The van der Waals surface area contributed by atoms with E-state index in [1.807, 2.05) is 0 Å². The number of benzene rings is 2. The standard InChI is InChI=1S/C26H34O3/c1-19(2)28-23-9-5-21(6-10-23)25(13-14-25)17-27-18-26(15-16-26)22-7-11-24(12-8-22)29-20(3)4/h5-12,19-20H,13-18H2,1-4H3. The molecule has 3 nitrogen and oxygen atoms in total. The van der Waals surface area contributed by atoms with Gasteiger partial charge < -0.3 is 14.2 Å². The normalized spacial score (nSPS) is 18.7. The van der Waals surface area contributed by atoms with Crippen LogP contribution in [0.1, 0.15) is 64.5 Å². The van der Waals surface area contributed by atoms with Crippen LogP contribution in [-0.2, 0) is 15.6 Å². The number of hydrogen-bond donors (Lipinski definition) is 0.